The number of sulfonamides is 1. The van der Waals surface area contributed by atoms with E-state index in [0.29, 0.717) is 18.5 Å². The third kappa shape index (κ3) is 5.03. The standard InChI is InChI=1S/C23H26N4O7S/c1-5-10-25-23(31)34-12-18-26-15-11-13(2)19(22(29)30)14(3)20(15)21(28)27(18)16-8-6-7-9-17(16)35(32,33)24-4/h6-9,11,24H,5,10,12H2,1-4H3,(H,25,31)(H,29,30). The Kier molecular flexibility index (Phi) is 7.56. The fourth-order valence-corrected chi connectivity index (χ4v) is 4.71. The van der Waals surface area contributed by atoms with E-state index in [-0.39, 0.29) is 38.4 Å². The number of nitrogens with zero attached hydrogens (tertiary/aromatic N) is 2. The van der Waals surface area contributed by atoms with Crippen molar-refractivity contribution in [1.29, 1.82) is 0 Å². The van der Waals surface area contributed by atoms with Crippen LogP contribution in [0.4, 0.5) is 4.79 Å². The van der Waals surface area contributed by atoms with Crippen LogP contribution in [0.25, 0.3) is 16.6 Å². The molecular weight excluding hydrogens is 476 g/mol. The summed E-state index contributed by atoms with van der Waals surface area (Å²) in [6.45, 7) is 4.91. The van der Waals surface area contributed by atoms with Crippen LogP contribution in [0.15, 0.2) is 40.0 Å². The van der Waals surface area contributed by atoms with Gasteiger partial charge >= 0.3 is 12.1 Å². The van der Waals surface area contributed by atoms with Gasteiger partial charge in [0.25, 0.3) is 5.56 Å². The molecule has 0 fully saturated rings. The van der Waals surface area contributed by atoms with E-state index >= 15 is 0 Å². The summed E-state index contributed by atoms with van der Waals surface area (Å²) >= 11 is 0. The van der Waals surface area contributed by atoms with Gasteiger partial charge in [-0.2, -0.15) is 0 Å². The molecule has 0 unspecified atom stereocenters. The number of carboxylic acid groups (broad SMARTS) is 1. The maximum absolute atomic E-state index is 13.8. The Balaban J connectivity index is 2.37. The maximum atomic E-state index is 13.8. The Labute approximate surface area is 201 Å². The highest BCUT2D eigenvalue weighted by Crippen LogP contribution is 2.25. The van der Waals surface area contributed by atoms with Crippen molar-refractivity contribution in [1.82, 2.24) is 19.6 Å². The molecule has 1 aromatic heterocycles. The highest BCUT2D eigenvalue weighted by atomic mass is 32.2. The number of aromatic nitrogens is 2. The van der Waals surface area contributed by atoms with Gasteiger partial charge in [-0.05, 0) is 56.6 Å². The van der Waals surface area contributed by atoms with Gasteiger partial charge in [0.2, 0.25) is 10.0 Å². The van der Waals surface area contributed by atoms with Crippen molar-refractivity contribution < 1.29 is 27.9 Å². The van der Waals surface area contributed by atoms with Gasteiger partial charge in [-0.25, -0.2) is 27.7 Å². The van der Waals surface area contributed by atoms with Gasteiger partial charge in [-0.1, -0.05) is 19.1 Å². The molecule has 0 aliphatic carbocycles. The fourth-order valence-electron chi connectivity index (χ4n) is 3.80. The fraction of sp³-hybridized carbons (Fsp3) is 0.304. The number of hydrogen-bond donors (Lipinski definition) is 3. The number of carbonyl (C=O) groups is 2. The van der Waals surface area contributed by atoms with E-state index < -0.39 is 34.3 Å². The highest BCUT2D eigenvalue weighted by Gasteiger charge is 2.24. The molecule has 3 N–H and O–H groups in total. The molecule has 0 saturated heterocycles. The first kappa shape index (κ1) is 25.8. The summed E-state index contributed by atoms with van der Waals surface area (Å²) in [7, 11) is -2.76. The molecule has 3 aromatic rings. The number of ether oxygens (including phenoxy) is 1. The van der Waals surface area contributed by atoms with Crippen molar-refractivity contribution in [3.05, 3.63) is 63.2 Å². The molecule has 0 saturated carbocycles. The lowest BCUT2D eigenvalue weighted by atomic mass is 9.98. The van der Waals surface area contributed by atoms with E-state index in [4.69, 9.17) is 4.74 Å². The second-order valence-electron chi connectivity index (χ2n) is 7.74. The van der Waals surface area contributed by atoms with E-state index in [1.165, 1.54) is 38.2 Å². The van der Waals surface area contributed by atoms with Gasteiger partial charge in [0, 0.05) is 6.54 Å². The predicted molar refractivity (Wildman–Crippen MR) is 128 cm³/mol. The molecule has 2 aromatic carbocycles. The van der Waals surface area contributed by atoms with Crippen LogP contribution in [0, 0.1) is 13.8 Å². The quantitative estimate of drug-likeness (QED) is 0.423. The average Bonchev–Trinajstić information content (AvgIpc) is 2.80. The van der Waals surface area contributed by atoms with Gasteiger partial charge in [-0.15, -0.1) is 0 Å². The van der Waals surface area contributed by atoms with Crippen LogP contribution in [-0.2, 0) is 21.4 Å². The summed E-state index contributed by atoms with van der Waals surface area (Å²) in [6.07, 6.45) is -0.0363. The number of fused-ring (bicyclic) bond motifs is 1. The lowest BCUT2D eigenvalue weighted by Gasteiger charge is -2.18. The minimum absolute atomic E-state index is 0.0174. The minimum atomic E-state index is -4.00. The first-order valence-corrected chi connectivity index (χ1v) is 12.2. The lowest BCUT2D eigenvalue weighted by Crippen LogP contribution is -2.30. The zero-order valence-corrected chi connectivity index (χ0v) is 20.5. The van der Waals surface area contributed by atoms with Crippen LogP contribution < -0.4 is 15.6 Å². The Bertz CT molecular complexity index is 1480. The number of aromatic carboxylic acids is 1. The Morgan fingerprint density at radius 1 is 1.20 bits per heavy atom. The van der Waals surface area contributed by atoms with E-state index in [9.17, 15) is 27.9 Å². The third-order valence-corrected chi connectivity index (χ3v) is 6.87. The molecule has 0 radical (unpaired) electrons. The molecule has 3 rings (SSSR count). The molecule has 35 heavy (non-hydrogen) atoms. The monoisotopic (exact) mass is 502 g/mol. The van der Waals surface area contributed by atoms with Crippen molar-refractivity contribution in [2.75, 3.05) is 13.6 Å². The zero-order valence-electron chi connectivity index (χ0n) is 19.7. The number of aryl methyl sites for hydroxylation is 2. The molecule has 0 aliphatic rings. The number of nitrogens with one attached hydrogen (secondary N) is 2. The van der Waals surface area contributed by atoms with E-state index in [2.05, 4.69) is 15.0 Å². The van der Waals surface area contributed by atoms with Crippen LogP contribution in [-0.4, -0.2) is 48.7 Å². The highest BCUT2D eigenvalue weighted by molar-refractivity contribution is 7.89. The van der Waals surface area contributed by atoms with Crippen molar-refractivity contribution in [2.45, 2.75) is 38.7 Å². The summed E-state index contributed by atoms with van der Waals surface area (Å²) in [5.74, 6) is -1.24. The van der Waals surface area contributed by atoms with E-state index in [0.717, 1.165) is 4.57 Å². The second kappa shape index (κ2) is 10.2. The number of amides is 1. The molecule has 12 heteroatoms. The molecule has 0 bridgehead atoms. The lowest BCUT2D eigenvalue weighted by molar-refractivity contribution is 0.0695. The van der Waals surface area contributed by atoms with Crippen LogP contribution in [0.5, 0.6) is 0 Å². The number of carboxylic acids is 1. The topological polar surface area (TPSA) is 157 Å². The SMILES string of the molecule is CCCNC(=O)OCc1nc2cc(C)c(C(=O)O)c(C)c2c(=O)n1-c1ccccc1S(=O)(=O)NC. The number of para-hydroxylation sites is 1. The molecule has 1 heterocycles. The van der Waals surface area contributed by atoms with Crippen molar-refractivity contribution in [3.8, 4) is 5.69 Å². The largest absolute Gasteiger partial charge is 0.478 e. The summed E-state index contributed by atoms with van der Waals surface area (Å²) in [4.78, 5) is 42.0. The summed E-state index contributed by atoms with van der Waals surface area (Å²) in [6, 6.07) is 7.25. The average molecular weight is 503 g/mol. The number of rotatable bonds is 8. The third-order valence-electron chi connectivity index (χ3n) is 5.41. The van der Waals surface area contributed by atoms with Gasteiger partial charge in [0.05, 0.1) is 22.2 Å². The Morgan fingerprint density at radius 3 is 2.51 bits per heavy atom. The smallest absolute Gasteiger partial charge is 0.407 e. The number of carbonyl (C=O) groups excluding carboxylic acids is 1. The molecule has 0 atom stereocenters. The minimum Gasteiger partial charge on any atom is -0.478 e. The van der Waals surface area contributed by atoms with E-state index in [1.54, 1.807) is 13.0 Å². The van der Waals surface area contributed by atoms with Gasteiger partial charge in [0.1, 0.15) is 4.90 Å². The molecular formula is C23H26N4O7S. The van der Waals surface area contributed by atoms with Crippen molar-refractivity contribution >= 4 is 33.0 Å². The number of hydrogen-bond acceptors (Lipinski definition) is 7. The normalized spacial score (nSPS) is 11.4. The summed E-state index contributed by atoms with van der Waals surface area (Å²) < 4.78 is 33.9. The Morgan fingerprint density at radius 2 is 1.89 bits per heavy atom. The second-order valence-corrected chi connectivity index (χ2v) is 9.59. The van der Waals surface area contributed by atoms with Crippen LogP contribution in [0.1, 0.15) is 40.7 Å². The van der Waals surface area contributed by atoms with Crippen LogP contribution >= 0.6 is 0 Å². The van der Waals surface area contributed by atoms with Crippen molar-refractivity contribution in [2.24, 2.45) is 0 Å². The number of benzene rings is 2. The first-order valence-electron chi connectivity index (χ1n) is 10.8. The zero-order chi connectivity index (χ0) is 25.9. The van der Waals surface area contributed by atoms with Crippen molar-refractivity contribution in [3.63, 3.8) is 0 Å². The van der Waals surface area contributed by atoms with Crippen LogP contribution in [0.2, 0.25) is 0 Å². The van der Waals surface area contributed by atoms with Gasteiger partial charge in [0.15, 0.2) is 12.4 Å². The van der Waals surface area contributed by atoms with Gasteiger partial charge in [-0.3, -0.25) is 9.36 Å². The van der Waals surface area contributed by atoms with E-state index in [1.807, 2.05) is 6.92 Å². The summed E-state index contributed by atoms with van der Waals surface area (Å²) in [5, 5.41) is 12.2. The molecule has 186 valence electrons. The maximum Gasteiger partial charge on any atom is 0.407 e. The predicted octanol–water partition coefficient (Wildman–Crippen LogP) is 2.25. The first-order chi connectivity index (χ1) is 16.5. The molecule has 11 nitrogen and oxygen atoms in total. The molecule has 0 spiro atoms. The number of alkyl carbamates (subject to hydrolysis) is 1. The molecule has 1 amide bonds. The summed E-state index contributed by atoms with van der Waals surface area (Å²) in [5.41, 5.74) is 0.0421. The molecule has 0 aliphatic heterocycles. The Hall–Kier alpha value is -3.77. The van der Waals surface area contributed by atoms with Crippen LogP contribution in [0.3, 0.4) is 0 Å². The van der Waals surface area contributed by atoms with Gasteiger partial charge < -0.3 is 15.2 Å².